The topological polar surface area (TPSA) is 17.1 Å². The Bertz CT molecular complexity index is 42.2. The van der Waals surface area contributed by atoms with E-state index in [4.69, 9.17) is 4.79 Å². The highest BCUT2D eigenvalue weighted by molar-refractivity contribution is 5.76. The number of carbonyl (C=O) groups excluding carboxylic acids is 1. The summed E-state index contributed by atoms with van der Waals surface area (Å²) in [6.45, 7) is 1.35. The molecule has 2 heteroatoms. The molecule has 0 aromatic heterocycles. The summed E-state index contributed by atoms with van der Waals surface area (Å²) >= 11 is 0. The van der Waals surface area contributed by atoms with Crippen LogP contribution in [0.4, 0.5) is 4.39 Å². The Morgan fingerprint density at radius 2 is 2.20 bits per heavy atom. The molecule has 0 unspecified atom stereocenters. The average Bonchev–Trinajstić information content (AvgIpc) is 1.38. The lowest BCUT2D eigenvalue weighted by atomic mass is 10.5. The maximum Gasteiger partial charge on any atom is 0.305 e. The summed E-state index contributed by atoms with van der Waals surface area (Å²) in [6.07, 6.45) is 0.861. The summed E-state index contributed by atoms with van der Waals surface area (Å²) in [7, 11) is 0. The van der Waals surface area contributed by atoms with E-state index in [1.54, 1.807) is 0 Å². The second-order valence-corrected chi connectivity index (χ2v) is 0.593. The van der Waals surface area contributed by atoms with Crippen molar-refractivity contribution in [3.8, 4) is 0 Å². The normalized spacial score (nSPS) is 7.60. The average molecular weight is 75.1 g/mol. The van der Waals surface area contributed by atoms with Gasteiger partial charge in [0.1, 0.15) is 0 Å². The SMILES string of the molecule is C[CH]C(=O)F. The van der Waals surface area contributed by atoms with Gasteiger partial charge >= 0.3 is 6.04 Å². The molecule has 0 amide bonds. The first kappa shape index (κ1) is 4.60. The van der Waals surface area contributed by atoms with E-state index in [0.717, 1.165) is 6.42 Å². The Morgan fingerprint density at radius 3 is 2.20 bits per heavy atom. The fraction of sp³-hybridized carbons (Fsp3) is 0.333. The molecule has 0 aliphatic heterocycles. The van der Waals surface area contributed by atoms with E-state index < -0.39 is 6.04 Å². The van der Waals surface area contributed by atoms with Crippen LogP contribution < -0.4 is 0 Å². The van der Waals surface area contributed by atoms with E-state index in [0.29, 0.717) is 0 Å². The van der Waals surface area contributed by atoms with Crippen molar-refractivity contribution in [2.24, 2.45) is 0 Å². The molecule has 5 heavy (non-hydrogen) atoms. The molecule has 0 aromatic rings. The third kappa shape index (κ3) is 3.60. The maximum absolute atomic E-state index is 10.7. The highest BCUT2D eigenvalue weighted by Gasteiger charge is 1.84. The van der Waals surface area contributed by atoms with Gasteiger partial charge in [-0.05, 0) is 0 Å². The third-order valence-corrected chi connectivity index (χ3v) is 0.227. The summed E-state index contributed by atoms with van der Waals surface area (Å²) in [5, 5.41) is 0. The first-order valence-corrected chi connectivity index (χ1v) is 1.26. The van der Waals surface area contributed by atoms with Crippen LogP contribution in [0, 0.1) is 6.42 Å². The number of hydrogen-bond acceptors (Lipinski definition) is 1. The van der Waals surface area contributed by atoms with Gasteiger partial charge in [-0.15, -0.1) is 0 Å². The minimum atomic E-state index is -1.37. The van der Waals surface area contributed by atoms with Gasteiger partial charge < -0.3 is 0 Å². The molecule has 0 atom stereocenters. The van der Waals surface area contributed by atoms with Crippen LogP contribution in [0.15, 0.2) is 0 Å². The molecule has 0 bridgehead atoms. The summed E-state index contributed by atoms with van der Waals surface area (Å²) in [5.41, 5.74) is 0. The Hall–Kier alpha value is -0.400. The molecule has 0 N–H and O–H groups in total. The monoisotopic (exact) mass is 75.0 g/mol. The molecule has 0 heterocycles. The molecule has 0 spiro atoms. The van der Waals surface area contributed by atoms with Crippen LogP contribution in [0.5, 0.6) is 0 Å². The van der Waals surface area contributed by atoms with Crippen LogP contribution in [0.3, 0.4) is 0 Å². The Labute approximate surface area is 29.8 Å². The molecule has 29 valence electrons. The minimum absolute atomic E-state index is 0.861. The van der Waals surface area contributed by atoms with Gasteiger partial charge in [-0.3, -0.25) is 4.79 Å². The zero-order valence-electron chi connectivity index (χ0n) is 2.86. The van der Waals surface area contributed by atoms with Crippen LogP contribution in [0.1, 0.15) is 6.92 Å². The Morgan fingerprint density at radius 1 is 2.00 bits per heavy atom. The molecule has 0 saturated carbocycles. The van der Waals surface area contributed by atoms with Gasteiger partial charge in [0.05, 0.1) is 6.42 Å². The van der Waals surface area contributed by atoms with Crippen molar-refractivity contribution in [1.29, 1.82) is 0 Å². The summed E-state index contributed by atoms with van der Waals surface area (Å²) in [6, 6.07) is -1.37. The molecule has 0 rings (SSSR count). The second kappa shape index (κ2) is 1.88. The minimum Gasteiger partial charge on any atom is -0.261 e. The maximum atomic E-state index is 10.7. The van der Waals surface area contributed by atoms with E-state index in [2.05, 4.69) is 0 Å². The first-order valence-electron chi connectivity index (χ1n) is 1.26. The van der Waals surface area contributed by atoms with Gasteiger partial charge in [-0.25, -0.2) is 0 Å². The fourth-order valence-corrected chi connectivity index (χ4v) is 0. The van der Waals surface area contributed by atoms with Gasteiger partial charge in [0.2, 0.25) is 0 Å². The molecule has 0 saturated heterocycles. The quantitative estimate of drug-likeness (QED) is 0.419. The number of carbonyl (C=O) groups is 1. The van der Waals surface area contributed by atoms with Crippen LogP contribution >= 0.6 is 0 Å². The largest absolute Gasteiger partial charge is 0.305 e. The van der Waals surface area contributed by atoms with Gasteiger partial charge in [-0.1, -0.05) is 6.92 Å². The van der Waals surface area contributed by atoms with Crippen molar-refractivity contribution >= 4 is 6.04 Å². The molecule has 0 aromatic carbocycles. The van der Waals surface area contributed by atoms with Crippen LogP contribution in [0.2, 0.25) is 0 Å². The summed E-state index contributed by atoms with van der Waals surface area (Å²) in [5.74, 6) is 0. The van der Waals surface area contributed by atoms with Crippen LogP contribution in [0.25, 0.3) is 0 Å². The van der Waals surface area contributed by atoms with Gasteiger partial charge in [-0.2, -0.15) is 4.39 Å². The molecule has 0 aliphatic carbocycles. The predicted molar refractivity (Wildman–Crippen MR) is 16.1 cm³/mol. The smallest absolute Gasteiger partial charge is 0.261 e. The third-order valence-electron chi connectivity index (χ3n) is 0.227. The van der Waals surface area contributed by atoms with Crippen molar-refractivity contribution in [1.82, 2.24) is 0 Å². The van der Waals surface area contributed by atoms with Gasteiger partial charge in [0, 0.05) is 0 Å². The molecule has 0 fully saturated rings. The summed E-state index contributed by atoms with van der Waals surface area (Å²) < 4.78 is 10.7. The highest BCUT2D eigenvalue weighted by Crippen LogP contribution is 1.73. The molecular weight excluding hydrogens is 71.0 g/mol. The van der Waals surface area contributed by atoms with Crippen LogP contribution in [-0.4, -0.2) is 6.04 Å². The molecule has 1 nitrogen and oxygen atoms in total. The number of hydrogen-bond donors (Lipinski definition) is 0. The van der Waals surface area contributed by atoms with Crippen molar-refractivity contribution in [2.75, 3.05) is 0 Å². The van der Waals surface area contributed by atoms with Crippen LogP contribution in [-0.2, 0) is 4.79 Å². The molecule has 1 radical (unpaired) electrons. The van der Waals surface area contributed by atoms with Crippen molar-refractivity contribution in [3.05, 3.63) is 6.42 Å². The number of halogens is 1. The Balaban J connectivity index is 2.85. The van der Waals surface area contributed by atoms with E-state index >= 15 is 0 Å². The van der Waals surface area contributed by atoms with E-state index in [-0.39, 0.29) is 0 Å². The second-order valence-electron chi connectivity index (χ2n) is 0.593. The lowest BCUT2D eigenvalue weighted by Crippen LogP contribution is -1.78. The fourth-order valence-electron chi connectivity index (χ4n) is 0. The lowest BCUT2D eigenvalue weighted by molar-refractivity contribution is -0.125. The van der Waals surface area contributed by atoms with E-state index in [9.17, 15) is 4.39 Å². The Kier molecular flexibility index (Phi) is 1.73. The highest BCUT2D eigenvalue weighted by atomic mass is 19.1. The van der Waals surface area contributed by atoms with Gasteiger partial charge in [0.25, 0.3) is 0 Å². The molecule has 0 aliphatic rings. The van der Waals surface area contributed by atoms with Crippen molar-refractivity contribution in [3.63, 3.8) is 0 Å². The summed E-state index contributed by atoms with van der Waals surface area (Å²) in [4.78, 5) is 9.09. The molecular formula is C3H4FO. The van der Waals surface area contributed by atoms with Crippen molar-refractivity contribution in [2.45, 2.75) is 6.92 Å². The lowest BCUT2D eigenvalue weighted by Gasteiger charge is -1.65. The first-order chi connectivity index (χ1) is 2.27. The number of rotatable bonds is 1. The standard InChI is InChI=1S/C3H4FO/c1-2-3(4)5/h2H,1H3. The zero-order chi connectivity index (χ0) is 4.28. The van der Waals surface area contributed by atoms with Crippen molar-refractivity contribution < 1.29 is 9.18 Å². The predicted octanol–water partition coefficient (Wildman–Crippen LogP) is 0.707. The van der Waals surface area contributed by atoms with Gasteiger partial charge in [0.15, 0.2) is 0 Å². The van der Waals surface area contributed by atoms with E-state index in [1.165, 1.54) is 6.92 Å². The zero-order valence-corrected chi connectivity index (χ0v) is 2.86. The van der Waals surface area contributed by atoms with E-state index in [1.807, 2.05) is 0 Å².